The molecular formula is C25H22N2O4. The normalized spacial score (nSPS) is 17.1. The molecule has 5 rings (SSSR count). The van der Waals surface area contributed by atoms with Crippen LogP contribution in [0.25, 0.3) is 16.3 Å². The maximum absolute atomic E-state index is 13.7. The molecule has 0 bridgehead atoms. The number of fused-ring (bicyclic) bond motifs is 1. The van der Waals surface area contributed by atoms with Gasteiger partial charge in [0, 0.05) is 18.5 Å². The molecule has 0 radical (unpaired) electrons. The number of rotatable bonds is 4. The number of anilines is 1. The minimum Gasteiger partial charge on any atom is -0.497 e. The zero-order chi connectivity index (χ0) is 21.4. The summed E-state index contributed by atoms with van der Waals surface area (Å²) in [6, 6.07) is 20.7. The van der Waals surface area contributed by atoms with E-state index in [9.17, 15) is 9.59 Å². The van der Waals surface area contributed by atoms with Crippen LogP contribution in [0, 0.1) is 0 Å². The highest BCUT2D eigenvalue weighted by Gasteiger charge is 2.43. The monoisotopic (exact) mass is 414 g/mol. The number of imide groups is 1. The van der Waals surface area contributed by atoms with Gasteiger partial charge in [-0.1, -0.05) is 48.5 Å². The topological polar surface area (TPSA) is 59.1 Å². The molecule has 0 aromatic heterocycles. The molecule has 0 aliphatic carbocycles. The third-order valence-electron chi connectivity index (χ3n) is 5.77. The van der Waals surface area contributed by atoms with E-state index in [0.717, 1.165) is 10.8 Å². The van der Waals surface area contributed by atoms with Crippen molar-refractivity contribution in [3.63, 3.8) is 0 Å². The number of nitrogens with zero attached hydrogens (tertiary/aromatic N) is 2. The first-order valence-electron chi connectivity index (χ1n) is 10.3. The zero-order valence-electron chi connectivity index (χ0n) is 17.2. The van der Waals surface area contributed by atoms with Gasteiger partial charge in [-0.3, -0.25) is 9.59 Å². The van der Waals surface area contributed by atoms with Gasteiger partial charge >= 0.3 is 0 Å². The van der Waals surface area contributed by atoms with Gasteiger partial charge in [0.1, 0.15) is 11.4 Å². The number of amides is 2. The van der Waals surface area contributed by atoms with Crippen molar-refractivity contribution in [1.29, 1.82) is 0 Å². The summed E-state index contributed by atoms with van der Waals surface area (Å²) < 4.78 is 10.7. The number of carbonyl (C=O) groups is 2. The Kier molecular flexibility index (Phi) is 4.92. The Morgan fingerprint density at radius 2 is 1.55 bits per heavy atom. The van der Waals surface area contributed by atoms with Crippen LogP contribution in [0.15, 0.2) is 72.4 Å². The van der Waals surface area contributed by atoms with Crippen molar-refractivity contribution in [2.45, 2.75) is 0 Å². The molecule has 3 aromatic carbocycles. The Bertz CT molecular complexity index is 1190. The van der Waals surface area contributed by atoms with Crippen molar-refractivity contribution in [3.8, 4) is 5.75 Å². The van der Waals surface area contributed by atoms with Crippen molar-refractivity contribution in [3.05, 3.63) is 78.0 Å². The molecule has 0 spiro atoms. The average Bonchev–Trinajstić information content (AvgIpc) is 3.09. The fourth-order valence-electron chi connectivity index (χ4n) is 4.24. The van der Waals surface area contributed by atoms with E-state index >= 15 is 0 Å². The molecule has 31 heavy (non-hydrogen) atoms. The van der Waals surface area contributed by atoms with Crippen molar-refractivity contribution in [1.82, 2.24) is 4.90 Å². The molecule has 0 unspecified atom stereocenters. The Balaban J connectivity index is 1.65. The molecule has 1 fully saturated rings. The summed E-state index contributed by atoms with van der Waals surface area (Å²) in [7, 11) is 1.60. The van der Waals surface area contributed by atoms with Gasteiger partial charge in [0.2, 0.25) is 0 Å². The van der Waals surface area contributed by atoms with E-state index in [1.807, 2.05) is 59.5 Å². The Morgan fingerprint density at radius 1 is 0.839 bits per heavy atom. The average molecular weight is 414 g/mol. The summed E-state index contributed by atoms with van der Waals surface area (Å²) in [5.41, 5.74) is 2.15. The maximum atomic E-state index is 13.7. The number of methoxy groups -OCH3 is 1. The van der Waals surface area contributed by atoms with Crippen molar-refractivity contribution in [2.75, 3.05) is 38.3 Å². The lowest BCUT2D eigenvalue weighted by atomic mass is 10.0. The predicted octanol–water partition coefficient (Wildman–Crippen LogP) is 3.47. The van der Waals surface area contributed by atoms with Crippen LogP contribution in [0.2, 0.25) is 0 Å². The predicted molar refractivity (Wildman–Crippen MR) is 119 cm³/mol. The fourth-order valence-corrected chi connectivity index (χ4v) is 4.24. The molecule has 2 heterocycles. The van der Waals surface area contributed by atoms with Crippen molar-refractivity contribution < 1.29 is 19.1 Å². The molecule has 6 nitrogen and oxygen atoms in total. The summed E-state index contributed by atoms with van der Waals surface area (Å²) in [5.74, 6) is 0.0852. The largest absolute Gasteiger partial charge is 0.497 e. The Labute approximate surface area is 180 Å². The Morgan fingerprint density at radius 3 is 2.29 bits per heavy atom. The molecule has 1 saturated heterocycles. The zero-order valence-corrected chi connectivity index (χ0v) is 17.2. The lowest BCUT2D eigenvalue weighted by Gasteiger charge is -2.29. The number of hydrogen-bond acceptors (Lipinski definition) is 5. The molecule has 0 saturated carbocycles. The number of ether oxygens (including phenoxy) is 2. The second-order valence-electron chi connectivity index (χ2n) is 7.50. The maximum Gasteiger partial charge on any atom is 0.282 e. The first-order valence-corrected chi connectivity index (χ1v) is 10.3. The highest BCUT2D eigenvalue weighted by Crippen LogP contribution is 2.38. The highest BCUT2D eigenvalue weighted by atomic mass is 16.5. The van der Waals surface area contributed by atoms with Gasteiger partial charge in [-0.25, -0.2) is 4.90 Å². The second-order valence-corrected chi connectivity index (χ2v) is 7.50. The van der Waals surface area contributed by atoms with Crippen molar-refractivity contribution in [2.24, 2.45) is 0 Å². The molecule has 3 aromatic rings. The molecule has 2 aliphatic heterocycles. The van der Waals surface area contributed by atoms with Crippen LogP contribution in [0.5, 0.6) is 5.75 Å². The van der Waals surface area contributed by atoms with Crippen LogP contribution in [-0.4, -0.2) is 50.1 Å². The van der Waals surface area contributed by atoms with Crippen LogP contribution in [-0.2, 0) is 14.3 Å². The molecule has 156 valence electrons. The standard InChI is InChI=1S/C25H22N2O4/c1-30-19-11-9-18(10-12-19)22-23(26-13-15-31-16-14-26)25(29)27(24(22)28)21-8-4-6-17-5-2-3-7-20(17)21/h2-12H,13-16H2,1H3. The lowest BCUT2D eigenvalue weighted by Crippen LogP contribution is -2.40. The first kappa shape index (κ1) is 19.3. The number of hydrogen-bond donors (Lipinski definition) is 0. The van der Waals surface area contributed by atoms with Crippen LogP contribution < -0.4 is 9.64 Å². The number of carbonyl (C=O) groups excluding carboxylic acids is 2. The van der Waals surface area contributed by atoms with Crippen LogP contribution >= 0.6 is 0 Å². The van der Waals surface area contributed by atoms with E-state index in [0.29, 0.717) is 54.6 Å². The smallest absolute Gasteiger partial charge is 0.282 e. The quantitative estimate of drug-likeness (QED) is 0.612. The molecule has 2 aliphatic rings. The molecule has 2 amide bonds. The Hall–Kier alpha value is -3.64. The van der Waals surface area contributed by atoms with E-state index < -0.39 is 0 Å². The first-order chi connectivity index (χ1) is 15.2. The fraction of sp³-hybridized carbons (Fsp3) is 0.200. The van der Waals surface area contributed by atoms with Gasteiger partial charge < -0.3 is 14.4 Å². The van der Waals surface area contributed by atoms with Gasteiger partial charge in [-0.15, -0.1) is 0 Å². The van der Waals surface area contributed by atoms with E-state index in [1.54, 1.807) is 19.2 Å². The van der Waals surface area contributed by atoms with Crippen LogP contribution in [0.1, 0.15) is 5.56 Å². The van der Waals surface area contributed by atoms with Gasteiger partial charge in [0.25, 0.3) is 11.8 Å². The molecule has 0 atom stereocenters. The second kappa shape index (κ2) is 7.89. The van der Waals surface area contributed by atoms with Gasteiger partial charge in [0.15, 0.2) is 0 Å². The minimum absolute atomic E-state index is 0.297. The lowest BCUT2D eigenvalue weighted by molar-refractivity contribution is -0.121. The number of benzene rings is 3. The van der Waals surface area contributed by atoms with Gasteiger partial charge in [-0.2, -0.15) is 0 Å². The summed E-state index contributed by atoms with van der Waals surface area (Å²) in [6.07, 6.45) is 0. The van der Waals surface area contributed by atoms with Crippen molar-refractivity contribution >= 4 is 33.8 Å². The SMILES string of the molecule is COc1ccc(C2=C(N3CCOCC3)C(=O)N(c3cccc4ccccc34)C2=O)cc1. The number of morpholine rings is 1. The van der Waals surface area contributed by atoms with E-state index in [4.69, 9.17) is 9.47 Å². The van der Waals surface area contributed by atoms with Gasteiger partial charge in [0.05, 0.1) is 31.6 Å². The van der Waals surface area contributed by atoms with Gasteiger partial charge in [-0.05, 0) is 29.1 Å². The van der Waals surface area contributed by atoms with E-state index in [-0.39, 0.29) is 11.8 Å². The van der Waals surface area contributed by atoms with Crippen LogP contribution in [0.3, 0.4) is 0 Å². The summed E-state index contributed by atoms with van der Waals surface area (Å²) >= 11 is 0. The summed E-state index contributed by atoms with van der Waals surface area (Å²) in [4.78, 5) is 30.7. The summed E-state index contributed by atoms with van der Waals surface area (Å²) in [6.45, 7) is 2.18. The third kappa shape index (κ3) is 3.25. The summed E-state index contributed by atoms with van der Waals surface area (Å²) in [5, 5.41) is 1.84. The highest BCUT2D eigenvalue weighted by molar-refractivity contribution is 6.46. The van der Waals surface area contributed by atoms with E-state index in [2.05, 4.69) is 0 Å². The van der Waals surface area contributed by atoms with Crippen LogP contribution in [0.4, 0.5) is 5.69 Å². The molecular weight excluding hydrogens is 392 g/mol. The molecule has 0 N–H and O–H groups in total. The van der Waals surface area contributed by atoms with E-state index in [1.165, 1.54) is 4.90 Å². The minimum atomic E-state index is -0.312. The third-order valence-corrected chi connectivity index (χ3v) is 5.77. The molecule has 6 heteroatoms.